The van der Waals surface area contributed by atoms with Gasteiger partial charge in [-0.25, -0.2) is 0 Å². The molecule has 3 heteroatoms. The van der Waals surface area contributed by atoms with Crippen molar-refractivity contribution in [3.8, 4) is 0 Å². The van der Waals surface area contributed by atoms with Crippen molar-refractivity contribution in [3.05, 3.63) is 48.3 Å². The van der Waals surface area contributed by atoms with Gasteiger partial charge in [0.2, 0.25) is 0 Å². The van der Waals surface area contributed by atoms with E-state index in [2.05, 4.69) is 46.3 Å². The standard InChI is InChI=1S/C12H15N3/c1-2-15(10-11-8-9-13-14-11)12-6-4-3-5-7-12/h3-9H,2,10H2,1H3,(H,13,14). The van der Waals surface area contributed by atoms with Gasteiger partial charge in [-0.3, -0.25) is 5.10 Å². The van der Waals surface area contributed by atoms with Gasteiger partial charge in [-0.2, -0.15) is 5.10 Å². The summed E-state index contributed by atoms with van der Waals surface area (Å²) in [6, 6.07) is 12.4. The molecular weight excluding hydrogens is 186 g/mol. The van der Waals surface area contributed by atoms with Crippen LogP contribution in [0, 0.1) is 0 Å². The number of hydrogen-bond acceptors (Lipinski definition) is 2. The molecule has 0 unspecified atom stereocenters. The molecule has 0 radical (unpaired) electrons. The predicted octanol–water partition coefficient (Wildman–Crippen LogP) is 2.44. The third-order valence-corrected chi connectivity index (χ3v) is 2.42. The van der Waals surface area contributed by atoms with Gasteiger partial charge in [0, 0.05) is 18.4 Å². The lowest BCUT2D eigenvalue weighted by Crippen LogP contribution is -2.21. The van der Waals surface area contributed by atoms with E-state index >= 15 is 0 Å². The highest BCUT2D eigenvalue weighted by Crippen LogP contribution is 2.14. The molecule has 3 nitrogen and oxygen atoms in total. The molecule has 0 fully saturated rings. The van der Waals surface area contributed by atoms with Gasteiger partial charge in [-0.1, -0.05) is 18.2 Å². The van der Waals surface area contributed by atoms with Crippen LogP contribution >= 0.6 is 0 Å². The van der Waals surface area contributed by atoms with Crippen molar-refractivity contribution < 1.29 is 0 Å². The lowest BCUT2D eigenvalue weighted by atomic mass is 10.2. The third-order valence-electron chi connectivity index (χ3n) is 2.42. The number of H-pyrrole nitrogens is 1. The molecule has 0 aliphatic rings. The van der Waals surface area contributed by atoms with E-state index in [4.69, 9.17) is 0 Å². The quantitative estimate of drug-likeness (QED) is 0.824. The molecule has 78 valence electrons. The van der Waals surface area contributed by atoms with Crippen LogP contribution in [0.15, 0.2) is 42.6 Å². The Morgan fingerprint density at radius 1 is 1.20 bits per heavy atom. The number of para-hydroxylation sites is 1. The first-order chi connectivity index (χ1) is 7.40. The molecule has 0 spiro atoms. The Kier molecular flexibility index (Phi) is 3.02. The molecule has 0 atom stereocenters. The Balaban J connectivity index is 2.12. The summed E-state index contributed by atoms with van der Waals surface area (Å²) < 4.78 is 0. The van der Waals surface area contributed by atoms with Crippen molar-refractivity contribution in [1.82, 2.24) is 10.2 Å². The van der Waals surface area contributed by atoms with Crippen molar-refractivity contribution in [2.24, 2.45) is 0 Å². The Morgan fingerprint density at radius 2 is 2.00 bits per heavy atom. The van der Waals surface area contributed by atoms with Crippen LogP contribution in [0.5, 0.6) is 0 Å². The van der Waals surface area contributed by atoms with Crippen molar-refractivity contribution in [2.45, 2.75) is 13.5 Å². The molecule has 0 saturated heterocycles. The molecule has 0 aliphatic heterocycles. The van der Waals surface area contributed by atoms with Crippen molar-refractivity contribution in [2.75, 3.05) is 11.4 Å². The van der Waals surface area contributed by atoms with Crippen molar-refractivity contribution in [3.63, 3.8) is 0 Å². The van der Waals surface area contributed by atoms with Crippen LogP contribution in [0.4, 0.5) is 5.69 Å². The number of anilines is 1. The van der Waals surface area contributed by atoms with Crippen LogP contribution in [-0.4, -0.2) is 16.7 Å². The smallest absolute Gasteiger partial charge is 0.0596 e. The number of rotatable bonds is 4. The predicted molar refractivity (Wildman–Crippen MR) is 61.8 cm³/mol. The van der Waals surface area contributed by atoms with Crippen LogP contribution < -0.4 is 4.90 Å². The van der Waals surface area contributed by atoms with E-state index < -0.39 is 0 Å². The maximum Gasteiger partial charge on any atom is 0.0596 e. The fourth-order valence-corrected chi connectivity index (χ4v) is 1.60. The fraction of sp³-hybridized carbons (Fsp3) is 0.250. The largest absolute Gasteiger partial charge is 0.366 e. The number of nitrogens with zero attached hydrogens (tertiary/aromatic N) is 2. The molecule has 15 heavy (non-hydrogen) atoms. The molecule has 0 aliphatic carbocycles. The second kappa shape index (κ2) is 4.64. The highest BCUT2D eigenvalue weighted by molar-refractivity contribution is 5.45. The van der Waals surface area contributed by atoms with E-state index in [1.165, 1.54) is 5.69 Å². The summed E-state index contributed by atoms with van der Waals surface area (Å²) in [6.07, 6.45) is 1.79. The first-order valence-corrected chi connectivity index (χ1v) is 5.18. The average molecular weight is 201 g/mol. The zero-order valence-electron chi connectivity index (χ0n) is 8.85. The molecular formula is C12H15N3. The van der Waals surface area contributed by atoms with Crippen LogP contribution in [-0.2, 0) is 6.54 Å². The minimum Gasteiger partial charge on any atom is -0.366 e. The molecule has 2 rings (SSSR count). The fourth-order valence-electron chi connectivity index (χ4n) is 1.60. The zero-order chi connectivity index (χ0) is 10.5. The summed E-state index contributed by atoms with van der Waals surface area (Å²) in [4.78, 5) is 2.30. The van der Waals surface area contributed by atoms with Gasteiger partial charge in [0.15, 0.2) is 0 Å². The first kappa shape index (κ1) is 9.77. The SMILES string of the molecule is CCN(Cc1ccn[nH]1)c1ccccc1. The maximum atomic E-state index is 3.95. The lowest BCUT2D eigenvalue weighted by Gasteiger charge is -2.22. The van der Waals surface area contributed by atoms with Gasteiger partial charge in [0.05, 0.1) is 12.2 Å². The van der Waals surface area contributed by atoms with E-state index in [-0.39, 0.29) is 0 Å². The number of benzene rings is 1. The summed E-state index contributed by atoms with van der Waals surface area (Å²) in [5.41, 5.74) is 2.38. The van der Waals surface area contributed by atoms with Gasteiger partial charge in [-0.15, -0.1) is 0 Å². The number of aromatic nitrogens is 2. The second-order valence-electron chi connectivity index (χ2n) is 3.43. The van der Waals surface area contributed by atoms with E-state index in [1.807, 2.05) is 12.1 Å². The molecule has 1 heterocycles. The molecule has 0 amide bonds. The monoisotopic (exact) mass is 201 g/mol. The van der Waals surface area contributed by atoms with E-state index in [1.54, 1.807) is 6.20 Å². The molecule has 1 N–H and O–H groups in total. The number of aromatic amines is 1. The molecule has 0 bridgehead atoms. The van der Waals surface area contributed by atoms with E-state index in [9.17, 15) is 0 Å². The normalized spacial score (nSPS) is 10.2. The average Bonchev–Trinajstić information content (AvgIpc) is 2.80. The van der Waals surface area contributed by atoms with Gasteiger partial charge in [-0.05, 0) is 25.1 Å². The first-order valence-electron chi connectivity index (χ1n) is 5.18. The van der Waals surface area contributed by atoms with E-state index in [0.717, 1.165) is 18.8 Å². The zero-order valence-corrected chi connectivity index (χ0v) is 8.85. The number of nitrogens with one attached hydrogen (secondary N) is 1. The van der Waals surface area contributed by atoms with Crippen LogP contribution in [0.2, 0.25) is 0 Å². The molecule has 2 aromatic rings. The topological polar surface area (TPSA) is 31.9 Å². The summed E-state index contributed by atoms with van der Waals surface area (Å²) in [5, 5.41) is 6.93. The summed E-state index contributed by atoms with van der Waals surface area (Å²) in [5.74, 6) is 0. The highest BCUT2D eigenvalue weighted by Gasteiger charge is 2.04. The van der Waals surface area contributed by atoms with Crippen molar-refractivity contribution >= 4 is 5.69 Å². The molecule has 1 aromatic heterocycles. The molecule has 0 saturated carbocycles. The van der Waals surface area contributed by atoms with Crippen LogP contribution in [0.3, 0.4) is 0 Å². The summed E-state index contributed by atoms with van der Waals surface area (Å²) in [6.45, 7) is 4.02. The Morgan fingerprint density at radius 3 is 2.60 bits per heavy atom. The minimum absolute atomic E-state index is 0.876. The van der Waals surface area contributed by atoms with Crippen molar-refractivity contribution in [1.29, 1.82) is 0 Å². The second-order valence-corrected chi connectivity index (χ2v) is 3.43. The van der Waals surface area contributed by atoms with Gasteiger partial charge in [0.1, 0.15) is 0 Å². The van der Waals surface area contributed by atoms with Gasteiger partial charge >= 0.3 is 0 Å². The van der Waals surface area contributed by atoms with Gasteiger partial charge in [0.25, 0.3) is 0 Å². The highest BCUT2D eigenvalue weighted by atomic mass is 15.2. The third kappa shape index (κ3) is 2.37. The molecule has 1 aromatic carbocycles. The Labute approximate surface area is 89.7 Å². The van der Waals surface area contributed by atoms with Crippen LogP contribution in [0.1, 0.15) is 12.6 Å². The van der Waals surface area contributed by atoms with Gasteiger partial charge < -0.3 is 4.90 Å². The number of hydrogen-bond donors (Lipinski definition) is 1. The Hall–Kier alpha value is -1.77. The lowest BCUT2D eigenvalue weighted by molar-refractivity contribution is 0.803. The summed E-state index contributed by atoms with van der Waals surface area (Å²) >= 11 is 0. The Bertz CT molecular complexity index is 381. The minimum atomic E-state index is 0.876. The van der Waals surface area contributed by atoms with E-state index in [0.29, 0.717) is 0 Å². The maximum absolute atomic E-state index is 3.95. The summed E-state index contributed by atoms with van der Waals surface area (Å²) in [7, 11) is 0. The van der Waals surface area contributed by atoms with Crippen LogP contribution in [0.25, 0.3) is 0 Å².